The van der Waals surface area contributed by atoms with E-state index in [1.165, 1.54) is 0 Å². The monoisotopic (exact) mass is 298 g/mol. The van der Waals surface area contributed by atoms with Crippen molar-refractivity contribution in [1.82, 2.24) is 0 Å². The maximum atomic E-state index is 12.3. The lowest BCUT2D eigenvalue weighted by molar-refractivity contribution is 0.142. The second-order valence-corrected chi connectivity index (χ2v) is 6.18. The van der Waals surface area contributed by atoms with Crippen molar-refractivity contribution < 1.29 is 18.3 Å². The van der Waals surface area contributed by atoms with Crippen molar-refractivity contribution in [1.29, 1.82) is 0 Å². The highest BCUT2D eigenvalue weighted by Gasteiger charge is 2.20. The molecule has 0 atom stereocenters. The summed E-state index contributed by atoms with van der Waals surface area (Å²) in [5, 5.41) is 0. The van der Waals surface area contributed by atoms with E-state index in [-0.39, 0.29) is 0 Å². The smallest absolute Gasteiger partial charge is 0.354 e. The average molecular weight is 298 g/mol. The third-order valence-corrected chi connectivity index (χ3v) is 4.43. The van der Waals surface area contributed by atoms with E-state index in [1.54, 1.807) is 19.7 Å². The summed E-state index contributed by atoms with van der Waals surface area (Å²) in [5.41, 5.74) is 1.95. The van der Waals surface area contributed by atoms with Crippen LogP contribution in [0.1, 0.15) is 26.3 Å². The molecule has 1 aromatic carbocycles. The fourth-order valence-electron chi connectivity index (χ4n) is 1.68. The molecule has 5 heteroatoms. The van der Waals surface area contributed by atoms with Crippen LogP contribution in [0.4, 0.5) is 0 Å². The molecule has 0 amide bonds. The van der Waals surface area contributed by atoms with Crippen LogP contribution in [0.25, 0.3) is 0 Å². The van der Waals surface area contributed by atoms with E-state index in [0.717, 1.165) is 11.1 Å². The Morgan fingerprint density at radius 3 is 2.30 bits per heavy atom. The molecule has 1 rings (SSSR count). The summed E-state index contributed by atoms with van der Waals surface area (Å²) in [6.45, 7) is 7.08. The number of hydrogen-bond acceptors (Lipinski definition) is 4. The largest absolute Gasteiger partial charge is 0.372 e. The van der Waals surface area contributed by atoms with Crippen LogP contribution in [0, 0.1) is 0 Å². The maximum Gasteiger partial charge on any atom is 0.354 e. The van der Waals surface area contributed by atoms with Crippen LogP contribution in [0.5, 0.6) is 0 Å². The predicted octanol–water partition coefficient (Wildman–Crippen LogP) is 4.37. The molecular formula is C15H23O4P. The van der Waals surface area contributed by atoms with Gasteiger partial charge in [-0.1, -0.05) is 30.3 Å². The van der Waals surface area contributed by atoms with Gasteiger partial charge in [0.05, 0.1) is 26.4 Å². The molecule has 112 valence electrons. The van der Waals surface area contributed by atoms with Crippen LogP contribution in [-0.2, 0) is 25.0 Å². The quantitative estimate of drug-likeness (QED) is 0.635. The van der Waals surface area contributed by atoms with Crippen LogP contribution in [0.2, 0.25) is 0 Å². The molecule has 0 bridgehead atoms. The van der Waals surface area contributed by atoms with Gasteiger partial charge in [-0.2, -0.15) is 0 Å². The Morgan fingerprint density at radius 2 is 1.75 bits per heavy atom. The molecule has 0 aliphatic rings. The van der Waals surface area contributed by atoms with Crippen molar-refractivity contribution in [2.75, 3.05) is 19.8 Å². The number of hydrogen-bond donors (Lipinski definition) is 0. The Morgan fingerprint density at radius 1 is 1.15 bits per heavy atom. The van der Waals surface area contributed by atoms with Crippen LogP contribution in [0.3, 0.4) is 0 Å². The Hall–Kier alpha value is -0.930. The first-order valence-corrected chi connectivity index (χ1v) is 8.39. The zero-order valence-electron chi connectivity index (χ0n) is 12.4. The SMILES string of the molecule is CCOP(=O)(/C=C(/C)COCc1ccccc1)OCC. The summed E-state index contributed by atoms with van der Waals surface area (Å²) in [5.74, 6) is 1.55. The van der Waals surface area contributed by atoms with Crippen LogP contribution in [0.15, 0.2) is 41.7 Å². The minimum Gasteiger partial charge on any atom is -0.372 e. The first-order chi connectivity index (χ1) is 9.59. The van der Waals surface area contributed by atoms with Crippen molar-refractivity contribution in [3.05, 3.63) is 47.3 Å². The lowest BCUT2D eigenvalue weighted by Crippen LogP contribution is -1.99. The molecule has 20 heavy (non-hydrogen) atoms. The third-order valence-electron chi connectivity index (χ3n) is 2.44. The van der Waals surface area contributed by atoms with Gasteiger partial charge < -0.3 is 13.8 Å². The number of rotatable bonds is 9. The fraction of sp³-hybridized carbons (Fsp3) is 0.467. The minimum absolute atomic E-state index is 0.353. The van der Waals surface area contributed by atoms with Crippen molar-refractivity contribution in [3.63, 3.8) is 0 Å². The third kappa shape index (κ3) is 6.49. The molecule has 0 fully saturated rings. The minimum atomic E-state index is -3.13. The molecule has 0 aliphatic heterocycles. The molecule has 4 nitrogen and oxygen atoms in total. The van der Waals surface area contributed by atoms with E-state index in [9.17, 15) is 4.57 Å². The molecule has 0 saturated heterocycles. The first-order valence-electron chi connectivity index (χ1n) is 6.78. The summed E-state index contributed by atoms with van der Waals surface area (Å²) in [6, 6.07) is 9.92. The Bertz CT molecular complexity index is 446. The molecule has 1 aromatic rings. The summed E-state index contributed by atoms with van der Waals surface area (Å²) in [6.07, 6.45) is 0. The average Bonchev–Trinajstić information content (AvgIpc) is 2.40. The summed E-state index contributed by atoms with van der Waals surface area (Å²) in [4.78, 5) is 0. The van der Waals surface area contributed by atoms with Crippen molar-refractivity contribution in [2.24, 2.45) is 0 Å². The Labute approximate surface area is 121 Å². The first kappa shape index (κ1) is 17.1. The van der Waals surface area contributed by atoms with E-state index < -0.39 is 7.60 Å². The number of benzene rings is 1. The van der Waals surface area contributed by atoms with E-state index in [1.807, 2.05) is 37.3 Å². The highest BCUT2D eigenvalue weighted by atomic mass is 31.2. The molecule has 0 aliphatic carbocycles. The van der Waals surface area contributed by atoms with Gasteiger partial charge in [0.1, 0.15) is 0 Å². The van der Waals surface area contributed by atoms with Gasteiger partial charge >= 0.3 is 7.60 Å². The van der Waals surface area contributed by atoms with Crippen molar-refractivity contribution in [2.45, 2.75) is 27.4 Å². The molecular weight excluding hydrogens is 275 g/mol. The van der Waals surface area contributed by atoms with Gasteiger partial charge in [0.2, 0.25) is 0 Å². The van der Waals surface area contributed by atoms with E-state index in [2.05, 4.69) is 0 Å². The molecule has 0 radical (unpaired) electrons. The second kappa shape index (κ2) is 9.09. The number of ether oxygens (including phenoxy) is 1. The van der Waals surface area contributed by atoms with Crippen LogP contribution in [-0.4, -0.2) is 19.8 Å². The molecule has 0 aromatic heterocycles. The van der Waals surface area contributed by atoms with E-state index in [4.69, 9.17) is 13.8 Å². The summed E-state index contributed by atoms with van der Waals surface area (Å²) >= 11 is 0. The summed E-state index contributed by atoms with van der Waals surface area (Å²) < 4.78 is 28.3. The van der Waals surface area contributed by atoms with Gasteiger partial charge in [-0.3, -0.25) is 4.57 Å². The second-order valence-electron chi connectivity index (χ2n) is 4.33. The molecule has 0 heterocycles. The summed E-state index contributed by atoms with van der Waals surface area (Å²) in [7, 11) is -3.13. The molecule has 0 unspecified atom stereocenters. The van der Waals surface area contributed by atoms with Crippen LogP contribution < -0.4 is 0 Å². The maximum absolute atomic E-state index is 12.3. The highest BCUT2D eigenvalue weighted by molar-refractivity contribution is 7.57. The molecule has 0 saturated carbocycles. The predicted molar refractivity (Wildman–Crippen MR) is 80.7 cm³/mol. The van der Waals surface area contributed by atoms with Gasteiger partial charge in [0, 0.05) is 5.82 Å². The van der Waals surface area contributed by atoms with Crippen molar-refractivity contribution in [3.8, 4) is 0 Å². The van der Waals surface area contributed by atoms with Gasteiger partial charge in [-0.25, -0.2) is 0 Å². The van der Waals surface area contributed by atoms with Gasteiger partial charge in [-0.05, 0) is 31.9 Å². The van der Waals surface area contributed by atoms with Gasteiger partial charge in [0.15, 0.2) is 0 Å². The molecule has 0 spiro atoms. The standard InChI is InChI=1S/C15H23O4P/c1-4-18-20(16,19-5-2)13-14(3)11-17-12-15-9-7-6-8-10-15/h6-10,13H,4-5,11-12H2,1-3H3/b14-13-. The van der Waals surface area contributed by atoms with E-state index >= 15 is 0 Å². The Kier molecular flexibility index (Phi) is 7.78. The van der Waals surface area contributed by atoms with E-state index in [0.29, 0.717) is 26.4 Å². The lowest BCUT2D eigenvalue weighted by Gasteiger charge is -2.14. The topological polar surface area (TPSA) is 44.8 Å². The zero-order chi connectivity index (χ0) is 14.8. The Balaban J connectivity index is 2.49. The van der Waals surface area contributed by atoms with Crippen molar-refractivity contribution >= 4 is 7.60 Å². The van der Waals surface area contributed by atoms with Crippen LogP contribution >= 0.6 is 7.60 Å². The fourth-order valence-corrected chi connectivity index (χ4v) is 3.24. The zero-order valence-corrected chi connectivity index (χ0v) is 13.3. The highest BCUT2D eigenvalue weighted by Crippen LogP contribution is 2.50. The van der Waals surface area contributed by atoms with Gasteiger partial charge in [0.25, 0.3) is 0 Å². The van der Waals surface area contributed by atoms with Gasteiger partial charge in [-0.15, -0.1) is 0 Å². The lowest BCUT2D eigenvalue weighted by atomic mass is 10.2. The normalized spacial score (nSPS) is 12.7. The molecule has 0 N–H and O–H groups in total.